The van der Waals surface area contributed by atoms with Crippen LogP contribution in [0.25, 0.3) is 0 Å². The molecule has 0 saturated heterocycles. The van der Waals surface area contributed by atoms with E-state index in [0.717, 1.165) is 24.8 Å². The zero-order chi connectivity index (χ0) is 14.8. The number of urea groups is 1. The summed E-state index contributed by atoms with van der Waals surface area (Å²) in [4.78, 5) is 11.8. The fraction of sp³-hybridized carbons (Fsp3) is 0.462. The maximum atomic E-state index is 11.7. The normalized spacial score (nSPS) is 17.1. The quantitative estimate of drug-likeness (QED) is 0.779. The molecule has 1 aromatic carbocycles. The van der Waals surface area contributed by atoms with E-state index < -0.39 is 10.0 Å². The van der Waals surface area contributed by atoms with Gasteiger partial charge in [0.25, 0.3) is 0 Å². The molecule has 110 valence electrons. The average molecular weight is 297 g/mol. The molecule has 0 radical (unpaired) electrons. The van der Waals surface area contributed by atoms with E-state index >= 15 is 0 Å². The van der Waals surface area contributed by atoms with E-state index in [0.29, 0.717) is 0 Å². The number of amides is 2. The highest BCUT2D eigenvalue weighted by atomic mass is 32.2. The van der Waals surface area contributed by atoms with Gasteiger partial charge in [-0.3, -0.25) is 0 Å². The van der Waals surface area contributed by atoms with E-state index in [1.165, 1.54) is 12.1 Å². The van der Waals surface area contributed by atoms with Crippen LogP contribution in [0.2, 0.25) is 0 Å². The van der Waals surface area contributed by atoms with E-state index in [9.17, 15) is 13.2 Å². The zero-order valence-electron chi connectivity index (χ0n) is 11.3. The van der Waals surface area contributed by atoms with Crippen LogP contribution in [0, 0.1) is 0 Å². The minimum Gasteiger partial charge on any atom is -0.335 e. The molecule has 4 N–H and O–H groups in total. The Bertz CT molecular complexity index is 579. The first-order chi connectivity index (χ1) is 9.36. The van der Waals surface area contributed by atoms with Crippen molar-refractivity contribution in [2.24, 2.45) is 5.14 Å². The number of nitrogens with one attached hydrogen (secondary N) is 2. The van der Waals surface area contributed by atoms with Gasteiger partial charge in [-0.15, -0.1) is 0 Å². The molecule has 0 heterocycles. The van der Waals surface area contributed by atoms with E-state index in [-0.39, 0.29) is 23.0 Å². The fourth-order valence-electron chi connectivity index (χ4n) is 2.01. The summed E-state index contributed by atoms with van der Waals surface area (Å²) in [5.74, 6) is 0. The molecule has 1 aliphatic carbocycles. The number of carbonyl (C=O) groups is 1. The highest BCUT2D eigenvalue weighted by Gasteiger charge is 2.20. The summed E-state index contributed by atoms with van der Waals surface area (Å²) in [5.41, 5.74) is 0.821. The summed E-state index contributed by atoms with van der Waals surface area (Å²) in [7, 11) is -3.68. The van der Waals surface area contributed by atoms with Gasteiger partial charge in [0.1, 0.15) is 0 Å². The van der Waals surface area contributed by atoms with Gasteiger partial charge in [0.05, 0.1) is 10.9 Å². The van der Waals surface area contributed by atoms with E-state index in [4.69, 9.17) is 5.14 Å². The lowest BCUT2D eigenvalue weighted by molar-refractivity contribution is 0.225. The molecule has 1 aromatic rings. The second kappa shape index (κ2) is 5.80. The Morgan fingerprint density at radius 1 is 1.30 bits per heavy atom. The zero-order valence-corrected chi connectivity index (χ0v) is 12.1. The number of hydrogen-bond donors (Lipinski definition) is 3. The molecule has 0 aliphatic heterocycles. The van der Waals surface area contributed by atoms with Crippen molar-refractivity contribution in [2.75, 3.05) is 0 Å². The minimum atomic E-state index is -3.68. The molecule has 1 saturated carbocycles. The van der Waals surface area contributed by atoms with Crippen LogP contribution in [-0.2, 0) is 10.0 Å². The van der Waals surface area contributed by atoms with Gasteiger partial charge >= 0.3 is 6.03 Å². The third-order valence-corrected chi connectivity index (χ3v) is 4.43. The number of rotatable bonds is 4. The van der Waals surface area contributed by atoms with Gasteiger partial charge in [0, 0.05) is 6.04 Å². The third-order valence-electron chi connectivity index (χ3n) is 3.50. The number of benzene rings is 1. The van der Waals surface area contributed by atoms with Crippen molar-refractivity contribution < 1.29 is 13.2 Å². The molecular formula is C13H19N3O3S. The Hall–Kier alpha value is -1.60. The average Bonchev–Trinajstić information content (AvgIpc) is 2.33. The van der Waals surface area contributed by atoms with Crippen LogP contribution in [0.5, 0.6) is 0 Å². The molecule has 2 amide bonds. The second-order valence-electron chi connectivity index (χ2n) is 5.08. The van der Waals surface area contributed by atoms with Gasteiger partial charge in [-0.25, -0.2) is 18.4 Å². The van der Waals surface area contributed by atoms with Crippen molar-refractivity contribution in [1.82, 2.24) is 10.6 Å². The molecule has 0 spiro atoms. The lowest BCUT2D eigenvalue weighted by Gasteiger charge is -2.27. The van der Waals surface area contributed by atoms with Crippen molar-refractivity contribution in [3.05, 3.63) is 29.8 Å². The first-order valence-electron chi connectivity index (χ1n) is 6.56. The largest absolute Gasteiger partial charge is 0.335 e. The molecule has 1 unspecified atom stereocenters. The summed E-state index contributed by atoms with van der Waals surface area (Å²) in [6, 6.07) is 6.05. The Morgan fingerprint density at radius 3 is 2.35 bits per heavy atom. The molecule has 20 heavy (non-hydrogen) atoms. The third kappa shape index (κ3) is 3.71. The van der Waals surface area contributed by atoms with Crippen LogP contribution in [0.15, 0.2) is 29.2 Å². The molecule has 0 aromatic heterocycles. The van der Waals surface area contributed by atoms with Crippen LogP contribution in [0.3, 0.4) is 0 Å². The van der Waals surface area contributed by atoms with Crippen LogP contribution in [-0.4, -0.2) is 20.5 Å². The Kier molecular flexibility index (Phi) is 4.29. The molecular weight excluding hydrogens is 278 g/mol. The molecule has 1 aliphatic rings. The summed E-state index contributed by atoms with van der Waals surface area (Å²) < 4.78 is 22.3. The summed E-state index contributed by atoms with van der Waals surface area (Å²) in [6.45, 7) is 1.84. The van der Waals surface area contributed by atoms with E-state index in [1.807, 2.05) is 6.92 Å². The van der Waals surface area contributed by atoms with Crippen LogP contribution >= 0.6 is 0 Å². The van der Waals surface area contributed by atoms with Gasteiger partial charge < -0.3 is 10.6 Å². The van der Waals surface area contributed by atoms with E-state index in [1.54, 1.807) is 12.1 Å². The summed E-state index contributed by atoms with van der Waals surface area (Å²) in [6.07, 6.45) is 3.23. The van der Waals surface area contributed by atoms with Crippen molar-refractivity contribution in [3.63, 3.8) is 0 Å². The first kappa shape index (κ1) is 14.8. The molecule has 0 bridgehead atoms. The van der Waals surface area contributed by atoms with Gasteiger partial charge in [0.15, 0.2) is 0 Å². The Labute approximate surface area is 118 Å². The minimum absolute atomic E-state index is 0.0624. The number of hydrogen-bond acceptors (Lipinski definition) is 3. The SMILES string of the molecule is CC(NC(=O)NC1CCC1)c1ccc(S(N)(=O)=O)cc1. The number of carbonyl (C=O) groups excluding carboxylic acids is 1. The number of nitrogens with two attached hydrogens (primary N) is 1. The topological polar surface area (TPSA) is 101 Å². The predicted molar refractivity (Wildman–Crippen MR) is 75.5 cm³/mol. The standard InChI is InChI=1S/C13H19N3O3S/c1-9(15-13(17)16-11-3-2-4-11)10-5-7-12(8-6-10)20(14,18)19/h5-9,11H,2-4H2,1H3,(H2,14,18,19)(H2,15,16,17). The van der Waals surface area contributed by atoms with Crippen LogP contribution < -0.4 is 15.8 Å². The smallest absolute Gasteiger partial charge is 0.315 e. The first-order valence-corrected chi connectivity index (χ1v) is 8.10. The monoisotopic (exact) mass is 297 g/mol. The molecule has 1 atom stereocenters. The van der Waals surface area contributed by atoms with Crippen molar-refractivity contribution in [2.45, 2.75) is 43.2 Å². The highest BCUT2D eigenvalue weighted by molar-refractivity contribution is 7.89. The van der Waals surface area contributed by atoms with Crippen molar-refractivity contribution in [3.8, 4) is 0 Å². The van der Waals surface area contributed by atoms with E-state index in [2.05, 4.69) is 10.6 Å². The van der Waals surface area contributed by atoms with Crippen LogP contribution in [0.1, 0.15) is 37.8 Å². The van der Waals surface area contributed by atoms with Gasteiger partial charge in [0.2, 0.25) is 10.0 Å². The second-order valence-corrected chi connectivity index (χ2v) is 6.64. The number of sulfonamides is 1. The summed E-state index contributed by atoms with van der Waals surface area (Å²) >= 11 is 0. The van der Waals surface area contributed by atoms with Crippen molar-refractivity contribution >= 4 is 16.1 Å². The van der Waals surface area contributed by atoms with Gasteiger partial charge in [-0.05, 0) is 43.9 Å². The summed E-state index contributed by atoms with van der Waals surface area (Å²) in [5, 5.41) is 10.7. The Balaban J connectivity index is 1.94. The molecule has 2 rings (SSSR count). The lowest BCUT2D eigenvalue weighted by atomic mass is 9.93. The predicted octanol–water partition coefficient (Wildman–Crippen LogP) is 1.25. The van der Waals surface area contributed by atoms with Gasteiger partial charge in [-0.1, -0.05) is 12.1 Å². The van der Waals surface area contributed by atoms with Gasteiger partial charge in [-0.2, -0.15) is 0 Å². The maximum Gasteiger partial charge on any atom is 0.315 e. The van der Waals surface area contributed by atoms with Crippen LogP contribution in [0.4, 0.5) is 4.79 Å². The molecule has 1 fully saturated rings. The fourth-order valence-corrected chi connectivity index (χ4v) is 2.52. The molecule has 7 heteroatoms. The maximum absolute atomic E-state index is 11.7. The number of primary sulfonamides is 1. The Morgan fingerprint density at radius 2 is 1.90 bits per heavy atom. The molecule has 6 nitrogen and oxygen atoms in total. The highest BCUT2D eigenvalue weighted by Crippen LogP contribution is 2.18. The van der Waals surface area contributed by atoms with Crippen molar-refractivity contribution in [1.29, 1.82) is 0 Å². The lowest BCUT2D eigenvalue weighted by Crippen LogP contribution is -2.45.